The molecule has 0 radical (unpaired) electrons. The Balaban J connectivity index is 2.34. The van der Waals surface area contributed by atoms with Gasteiger partial charge in [0.2, 0.25) is 0 Å². The van der Waals surface area contributed by atoms with Gasteiger partial charge in [-0.25, -0.2) is 4.79 Å². The molecule has 21 heavy (non-hydrogen) atoms. The minimum Gasteiger partial charge on any atom is -0.489 e. The van der Waals surface area contributed by atoms with Crippen LogP contribution in [-0.4, -0.2) is 11.1 Å². The maximum absolute atomic E-state index is 11.4. The summed E-state index contributed by atoms with van der Waals surface area (Å²) in [6.07, 6.45) is 1.55. The van der Waals surface area contributed by atoms with Crippen molar-refractivity contribution in [2.75, 3.05) is 0 Å². The first-order valence-corrected chi connectivity index (χ1v) is 6.71. The fraction of sp³-hybridized carbons (Fsp3) is 0.167. The molecule has 108 valence electrons. The van der Waals surface area contributed by atoms with Crippen molar-refractivity contribution in [1.29, 1.82) is 0 Å². The number of hydrogen-bond acceptors (Lipinski definition) is 2. The molecule has 0 heterocycles. The second-order valence-corrected chi connectivity index (χ2v) is 4.87. The Kier molecular flexibility index (Phi) is 4.43. The lowest BCUT2D eigenvalue weighted by molar-refractivity contribution is 0.0695. The first-order chi connectivity index (χ1) is 10.0. The predicted octanol–water partition coefficient (Wildman–Crippen LogP) is 4.22. The molecule has 0 spiro atoms. The highest BCUT2D eigenvalue weighted by atomic mass is 16.5. The van der Waals surface area contributed by atoms with Gasteiger partial charge < -0.3 is 9.84 Å². The molecular weight excluding hydrogens is 264 g/mol. The van der Waals surface area contributed by atoms with Crippen LogP contribution in [0.5, 0.6) is 5.75 Å². The van der Waals surface area contributed by atoms with Crippen LogP contribution in [-0.2, 0) is 6.61 Å². The van der Waals surface area contributed by atoms with Gasteiger partial charge in [0.1, 0.15) is 12.4 Å². The Bertz CT molecular complexity index is 673. The Labute approximate surface area is 124 Å². The molecule has 0 saturated heterocycles. The van der Waals surface area contributed by atoms with Crippen LogP contribution >= 0.6 is 0 Å². The second-order valence-electron chi connectivity index (χ2n) is 4.87. The van der Waals surface area contributed by atoms with E-state index in [1.807, 2.05) is 37.3 Å². The van der Waals surface area contributed by atoms with E-state index in [0.29, 0.717) is 23.5 Å². The van der Waals surface area contributed by atoms with Gasteiger partial charge >= 0.3 is 5.97 Å². The van der Waals surface area contributed by atoms with E-state index >= 15 is 0 Å². The topological polar surface area (TPSA) is 46.5 Å². The number of aromatic carboxylic acids is 1. The van der Waals surface area contributed by atoms with E-state index in [-0.39, 0.29) is 5.56 Å². The molecule has 1 N–H and O–H groups in total. The summed E-state index contributed by atoms with van der Waals surface area (Å²) in [5, 5.41) is 9.31. The molecule has 2 rings (SSSR count). The number of carbonyl (C=O) groups is 1. The highest BCUT2D eigenvalue weighted by Crippen LogP contribution is 2.29. The lowest BCUT2D eigenvalue weighted by Crippen LogP contribution is -2.07. The second kappa shape index (κ2) is 6.27. The van der Waals surface area contributed by atoms with Crippen molar-refractivity contribution in [2.24, 2.45) is 0 Å². The summed E-state index contributed by atoms with van der Waals surface area (Å²) in [6.45, 7) is 7.80. The van der Waals surface area contributed by atoms with Gasteiger partial charge in [0.15, 0.2) is 0 Å². The smallest absolute Gasteiger partial charge is 0.336 e. The van der Waals surface area contributed by atoms with E-state index in [4.69, 9.17) is 4.74 Å². The molecule has 0 fully saturated rings. The molecule has 0 unspecified atom stereocenters. The molecule has 0 bridgehead atoms. The molecule has 3 nitrogen and oxygen atoms in total. The van der Waals surface area contributed by atoms with Gasteiger partial charge in [-0.2, -0.15) is 0 Å². The molecule has 0 aliphatic rings. The van der Waals surface area contributed by atoms with Crippen molar-refractivity contribution in [3.63, 3.8) is 0 Å². The van der Waals surface area contributed by atoms with Crippen LogP contribution in [0.3, 0.4) is 0 Å². The highest BCUT2D eigenvalue weighted by Gasteiger charge is 2.17. The minimum absolute atomic E-state index is 0.287. The fourth-order valence-corrected chi connectivity index (χ4v) is 2.24. The Morgan fingerprint density at radius 1 is 1.24 bits per heavy atom. The maximum atomic E-state index is 11.4. The van der Waals surface area contributed by atoms with Gasteiger partial charge in [0.25, 0.3) is 0 Å². The number of benzene rings is 2. The monoisotopic (exact) mass is 282 g/mol. The summed E-state index contributed by atoms with van der Waals surface area (Å²) in [5.74, 6) is -0.253. The first-order valence-electron chi connectivity index (χ1n) is 6.71. The molecule has 3 heteroatoms. The number of ether oxygens (including phenoxy) is 1. The molecule has 0 saturated carbocycles. The molecule has 2 aromatic rings. The average Bonchev–Trinajstić information content (AvgIpc) is 2.49. The third-order valence-electron chi connectivity index (χ3n) is 3.55. The molecule has 2 aromatic carbocycles. The number of rotatable bonds is 5. The van der Waals surface area contributed by atoms with Gasteiger partial charge in [0.05, 0.1) is 5.56 Å². The molecule has 0 aliphatic carbocycles. The SMILES string of the molecule is C=Cc1cc(OCc2ccccc2)c(C)c(C)c1C(=O)O. The van der Waals surface area contributed by atoms with Crippen LogP contribution in [0.15, 0.2) is 43.0 Å². The summed E-state index contributed by atoms with van der Waals surface area (Å²) >= 11 is 0. The zero-order chi connectivity index (χ0) is 15.4. The standard InChI is InChI=1S/C18H18O3/c1-4-15-10-16(12(2)13(3)17(15)18(19)20)21-11-14-8-6-5-7-9-14/h4-10H,1,11H2,2-3H3,(H,19,20). The van der Waals surface area contributed by atoms with Gasteiger partial charge in [-0.05, 0) is 42.2 Å². The number of carboxylic acids is 1. The van der Waals surface area contributed by atoms with E-state index in [1.54, 1.807) is 19.1 Å². The van der Waals surface area contributed by atoms with Crippen LogP contribution < -0.4 is 4.74 Å². The van der Waals surface area contributed by atoms with Crippen LogP contribution in [0.2, 0.25) is 0 Å². The minimum atomic E-state index is -0.944. The normalized spacial score (nSPS) is 10.2. The first kappa shape index (κ1) is 14.9. The highest BCUT2D eigenvalue weighted by molar-refractivity contribution is 5.94. The van der Waals surface area contributed by atoms with Crippen LogP contribution in [0.4, 0.5) is 0 Å². The van der Waals surface area contributed by atoms with Crippen molar-refractivity contribution in [2.45, 2.75) is 20.5 Å². The van der Waals surface area contributed by atoms with E-state index in [9.17, 15) is 9.90 Å². The summed E-state index contributed by atoms with van der Waals surface area (Å²) in [5.41, 5.74) is 3.48. The van der Waals surface area contributed by atoms with E-state index in [2.05, 4.69) is 6.58 Å². The molecule has 0 atom stereocenters. The van der Waals surface area contributed by atoms with Crippen LogP contribution in [0.1, 0.15) is 32.6 Å². The summed E-state index contributed by atoms with van der Waals surface area (Å²) in [4.78, 5) is 11.4. The summed E-state index contributed by atoms with van der Waals surface area (Å²) < 4.78 is 5.84. The zero-order valence-electron chi connectivity index (χ0n) is 12.2. The molecule has 0 aliphatic heterocycles. The van der Waals surface area contributed by atoms with Crippen molar-refractivity contribution in [1.82, 2.24) is 0 Å². The maximum Gasteiger partial charge on any atom is 0.336 e. The predicted molar refractivity (Wildman–Crippen MR) is 83.7 cm³/mol. The quantitative estimate of drug-likeness (QED) is 0.893. The molecule has 0 aromatic heterocycles. The van der Waals surface area contributed by atoms with Gasteiger partial charge in [-0.3, -0.25) is 0 Å². The third-order valence-corrected chi connectivity index (χ3v) is 3.55. The fourth-order valence-electron chi connectivity index (χ4n) is 2.24. The Morgan fingerprint density at radius 3 is 2.48 bits per heavy atom. The van der Waals surface area contributed by atoms with E-state index in [0.717, 1.165) is 11.1 Å². The Hall–Kier alpha value is -2.55. The van der Waals surface area contributed by atoms with Gasteiger partial charge in [0, 0.05) is 0 Å². The van der Waals surface area contributed by atoms with Crippen molar-refractivity contribution >= 4 is 12.0 Å². The van der Waals surface area contributed by atoms with Crippen LogP contribution in [0, 0.1) is 13.8 Å². The zero-order valence-corrected chi connectivity index (χ0v) is 12.2. The largest absolute Gasteiger partial charge is 0.489 e. The number of carboxylic acid groups (broad SMARTS) is 1. The average molecular weight is 282 g/mol. The van der Waals surface area contributed by atoms with Gasteiger partial charge in [-0.1, -0.05) is 43.0 Å². The van der Waals surface area contributed by atoms with Crippen molar-refractivity contribution < 1.29 is 14.6 Å². The van der Waals surface area contributed by atoms with E-state index in [1.165, 1.54) is 0 Å². The van der Waals surface area contributed by atoms with E-state index < -0.39 is 5.97 Å². The molecule has 0 amide bonds. The van der Waals surface area contributed by atoms with Gasteiger partial charge in [-0.15, -0.1) is 0 Å². The Morgan fingerprint density at radius 2 is 1.90 bits per heavy atom. The van der Waals surface area contributed by atoms with Crippen molar-refractivity contribution in [3.05, 3.63) is 70.8 Å². The lowest BCUT2D eigenvalue weighted by Gasteiger charge is -2.15. The molecular formula is C18H18O3. The summed E-state index contributed by atoms with van der Waals surface area (Å²) in [7, 11) is 0. The van der Waals surface area contributed by atoms with Crippen molar-refractivity contribution in [3.8, 4) is 5.75 Å². The summed E-state index contributed by atoms with van der Waals surface area (Å²) in [6, 6.07) is 11.6. The third kappa shape index (κ3) is 3.14. The lowest BCUT2D eigenvalue weighted by atomic mass is 9.96. The number of hydrogen-bond donors (Lipinski definition) is 1. The van der Waals surface area contributed by atoms with Crippen LogP contribution in [0.25, 0.3) is 6.08 Å².